The van der Waals surface area contributed by atoms with Crippen LogP contribution in [0, 0.1) is 12.8 Å². The quantitative estimate of drug-likeness (QED) is 0.669. The number of azo groups is 1. The van der Waals surface area contributed by atoms with Crippen molar-refractivity contribution in [1.82, 2.24) is 29.7 Å². The van der Waals surface area contributed by atoms with E-state index in [2.05, 4.69) is 47.6 Å². The largest absolute Gasteiger partial charge is 0.365 e. The van der Waals surface area contributed by atoms with E-state index in [1.165, 1.54) is 5.56 Å². The molecule has 0 saturated carbocycles. The highest BCUT2D eigenvalue weighted by Gasteiger charge is 2.41. The normalized spacial score (nSPS) is 29.8. The number of imidazole rings is 1. The summed E-state index contributed by atoms with van der Waals surface area (Å²) in [4.78, 5) is 13.4. The Morgan fingerprint density at radius 1 is 1.19 bits per heavy atom. The monoisotopic (exact) mass is 438 g/mol. The van der Waals surface area contributed by atoms with Gasteiger partial charge in [-0.1, -0.05) is 0 Å². The van der Waals surface area contributed by atoms with Crippen LogP contribution in [0.1, 0.15) is 42.3 Å². The third-order valence-electron chi connectivity index (χ3n) is 7.04. The van der Waals surface area contributed by atoms with Crippen LogP contribution in [0.25, 0.3) is 0 Å². The molecule has 9 heteroatoms. The molecule has 32 heavy (non-hydrogen) atoms. The SMILES string of the molecule is Cc1cc(C2N=NC3CCN(C(O)NC4CCCN(Cc5cn(C)cn5)C4)CC32)ccn1. The third-order valence-corrected chi connectivity index (χ3v) is 7.04. The number of aromatic nitrogens is 3. The average Bonchev–Trinajstić information content (AvgIpc) is 3.39. The lowest BCUT2D eigenvalue weighted by Gasteiger charge is -2.40. The summed E-state index contributed by atoms with van der Waals surface area (Å²) >= 11 is 0. The Labute approximate surface area is 189 Å². The molecule has 2 N–H and O–H groups in total. The molecule has 9 nitrogen and oxygen atoms in total. The Bertz CT molecular complexity index is 946. The van der Waals surface area contributed by atoms with Crippen molar-refractivity contribution in [3.63, 3.8) is 0 Å². The molecule has 0 bridgehead atoms. The Morgan fingerprint density at radius 2 is 2.09 bits per heavy atom. The van der Waals surface area contributed by atoms with Crippen LogP contribution in [0.5, 0.6) is 0 Å². The van der Waals surface area contributed by atoms with Crippen molar-refractivity contribution in [1.29, 1.82) is 0 Å². The predicted molar refractivity (Wildman–Crippen MR) is 121 cm³/mol. The molecule has 2 fully saturated rings. The first-order valence-corrected chi connectivity index (χ1v) is 11.7. The fourth-order valence-electron chi connectivity index (χ4n) is 5.41. The lowest BCUT2D eigenvalue weighted by atomic mass is 9.85. The molecular formula is C23H34N8O. The van der Waals surface area contributed by atoms with Crippen molar-refractivity contribution in [3.8, 4) is 0 Å². The highest BCUT2D eigenvalue weighted by molar-refractivity contribution is 5.22. The number of pyridine rings is 1. The first-order valence-electron chi connectivity index (χ1n) is 11.7. The van der Waals surface area contributed by atoms with Gasteiger partial charge in [0.25, 0.3) is 0 Å². The molecule has 172 valence electrons. The van der Waals surface area contributed by atoms with Crippen LogP contribution in [0.4, 0.5) is 0 Å². The molecule has 2 aromatic heterocycles. The standard InChI is InChI=1S/C23H34N8O/c1-16-10-17(5-7-24-16)22-20-14-31(9-6-21(20)27-28-22)23(32)26-18-4-3-8-30(12-18)13-19-11-29(2)15-25-19/h5,7,10-11,15,18,20-23,26,32H,3-4,6,8-9,12-14H2,1-2H3. The predicted octanol–water partition coefficient (Wildman–Crippen LogP) is 1.85. The van der Waals surface area contributed by atoms with Crippen LogP contribution in [0.2, 0.25) is 0 Å². The van der Waals surface area contributed by atoms with Crippen molar-refractivity contribution in [2.24, 2.45) is 23.2 Å². The maximum Gasteiger partial charge on any atom is 0.163 e. The number of likely N-dealkylation sites (tertiary alicyclic amines) is 2. The van der Waals surface area contributed by atoms with E-state index in [1.807, 2.05) is 37.1 Å². The van der Waals surface area contributed by atoms with Crippen molar-refractivity contribution in [3.05, 3.63) is 47.8 Å². The molecule has 5 atom stereocenters. The van der Waals surface area contributed by atoms with Gasteiger partial charge in [0.05, 0.1) is 18.1 Å². The molecule has 0 radical (unpaired) electrons. The maximum absolute atomic E-state index is 11.0. The topological polar surface area (TPSA) is 94.2 Å². The lowest BCUT2D eigenvalue weighted by molar-refractivity contribution is -0.0590. The molecule has 0 amide bonds. The molecular weight excluding hydrogens is 404 g/mol. The highest BCUT2D eigenvalue weighted by atomic mass is 16.3. The fraction of sp³-hybridized carbons (Fsp3) is 0.652. The minimum atomic E-state index is -0.642. The summed E-state index contributed by atoms with van der Waals surface area (Å²) < 4.78 is 1.99. The van der Waals surface area contributed by atoms with Gasteiger partial charge in [-0.2, -0.15) is 10.2 Å². The number of piperidine rings is 2. The van der Waals surface area contributed by atoms with Crippen LogP contribution >= 0.6 is 0 Å². The van der Waals surface area contributed by atoms with Crippen molar-refractivity contribution in [2.45, 2.75) is 57.2 Å². The molecule has 3 aliphatic rings. The van der Waals surface area contributed by atoms with Gasteiger partial charge in [-0.25, -0.2) is 4.98 Å². The number of rotatable bonds is 6. The minimum absolute atomic E-state index is 0.0558. The van der Waals surface area contributed by atoms with Gasteiger partial charge in [0, 0.05) is 63.3 Å². The molecule has 2 saturated heterocycles. The number of nitrogens with one attached hydrogen (secondary N) is 1. The molecule has 2 aromatic rings. The number of fused-ring (bicyclic) bond motifs is 1. The van der Waals surface area contributed by atoms with Crippen molar-refractivity contribution < 1.29 is 5.11 Å². The Kier molecular flexibility index (Phi) is 6.32. The van der Waals surface area contributed by atoms with E-state index < -0.39 is 6.35 Å². The van der Waals surface area contributed by atoms with Gasteiger partial charge in [-0.15, -0.1) is 0 Å². The summed E-state index contributed by atoms with van der Waals surface area (Å²) in [7, 11) is 2.00. The highest BCUT2D eigenvalue weighted by Crippen LogP contribution is 2.40. The first-order chi connectivity index (χ1) is 15.5. The zero-order chi connectivity index (χ0) is 22.1. The van der Waals surface area contributed by atoms with Crippen LogP contribution in [-0.2, 0) is 13.6 Å². The van der Waals surface area contributed by atoms with Crippen LogP contribution in [0.3, 0.4) is 0 Å². The summed E-state index contributed by atoms with van der Waals surface area (Å²) in [5, 5.41) is 23.7. The zero-order valence-corrected chi connectivity index (χ0v) is 19.0. The second-order valence-electron chi connectivity index (χ2n) is 9.57. The molecule has 5 rings (SSSR count). The third kappa shape index (κ3) is 4.76. The summed E-state index contributed by atoms with van der Waals surface area (Å²) in [6, 6.07) is 4.74. The van der Waals surface area contributed by atoms with Gasteiger partial charge < -0.3 is 9.67 Å². The van der Waals surface area contributed by atoms with Gasteiger partial charge in [0.15, 0.2) is 6.35 Å². The maximum atomic E-state index is 11.0. The zero-order valence-electron chi connectivity index (χ0n) is 19.0. The van der Waals surface area contributed by atoms with Gasteiger partial charge >= 0.3 is 0 Å². The number of hydrogen-bond acceptors (Lipinski definition) is 8. The van der Waals surface area contributed by atoms with Crippen molar-refractivity contribution in [2.75, 3.05) is 26.2 Å². The molecule has 3 aliphatic heterocycles. The van der Waals surface area contributed by atoms with Gasteiger partial charge in [0.2, 0.25) is 0 Å². The van der Waals surface area contributed by atoms with Crippen molar-refractivity contribution >= 4 is 0 Å². The van der Waals surface area contributed by atoms with E-state index in [9.17, 15) is 5.11 Å². The second kappa shape index (κ2) is 9.35. The van der Waals surface area contributed by atoms with E-state index in [-0.39, 0.29) is 18.1 Å². The Hall–Kier alpha value is -2.20. The molecule has 5 unspecified atom stereocenters. The molecule has 5 heterocycles. The molecule has 0 spiro atoms. The second-order valence-corrected chi connectivity index (χ2v) is 9.57. The minimum Gasteiger partial charge on any atom is -0.365 e. The van der Waals surface area contributed by atoms with Gasteiger partial charge in [-0.3, -0.25) is 20.1 Å². The van der Waals surface area contributed by atoms with E-state index in [1.54, 1.807) is 0 Å². The van der Waals surface area contributed by atoms with E-state index >= 15 is 0 Å². The van der Waals surface area contributed by atoms with Gasteiger partial charge in [-0.05, 0) is 50.4 Å². The fourth-order valence-corrected chi connectivity index (χ4v) is 5.41. The summed E-state index contributed by atoms with van der Waals surface area (Å²) in [6.45, 7) is 6.50. The van der Waals surface area contributed by atoms with E-state index in [0.717, 1.165) is 63.4 Å². The first kappa shape index (κ1) is 21.6. The van der Waals surface area contributed by atoms with E-state index in [0.29, 0.717) is 5.92 Å². The number of aryl methyl sites for hydroxylation is 2. The molecule has 0 aromatic carbocycles. The lowest BCUT2D eigenvalue weighted by Crippen LogP contribution is -2.57. The number of aliphatic hydroxyl groups is 1. The number of nitrogens with zero attached hydrogens (tertiary/aromatic N) is 7. The Balaban J connectivity index is 1.17. The summed E-state index contributed by atoms with van der Waals surface area (Å²) in [6.07, 6.45) is 8.28. The van der Waals surface area contributed by atoms with E-state index in [4.69, 9.17) is 0 Å². The van der Waals surface area contributed by atoms with Gasteiger partial charge in [0.1, 0.15) is 6.04 Å². The average molecular weight is 439 g/mol. The Morgan fingerprint density at radius 3 is 2.91 bits per heavy atom. The van der Waals surface area contributed by atoms with Crippen LogP contribution in [-0.4, -0.2) is 74.1 Å². The molecule has 0 aliphatic carbocycles. The van der Waals surface area contributed by atoms with Crippen LogP contribution < -0.4 is 5.32 Å². The summed E-state index contributed by atoms with van der Waals surface area (Å²) in [5.74, 6) is 0.300. The number of aliphatic hydroxyl groups excluding tert-OH is 1. The summed E-state index contributed by atoms with van der Waals surface area (Å²) in [5.41, 5.74) is 3.28. The number of hydrogen-bond donors (Lipinski definition) is 2. The van der Waals surface area contributed by atoms with Crippen LogP contribution in [0.15, 0.2) is 41.1 Å². The smallest absolute Gasteiger partial charge is 0.163 e.